The maximum atomic E-state index is 12.5. The Hall–Kier alpha value is -2.08. The molecule has 0 spiro atoms. The van der Waals surface area contributed by atoms with Crippen LogP contribution in [-0.2, 0) is 9.47 Å². The Bertz CT molecular complexity index is 728. The zero-order valence-electron chi connectivity index (χ0n) is 15.2. The van der Waals surface area contributed by atoms with Crippen molar-refractivity contribution in [2.24, 2.45) is 11.8 Å². The molecule has 2 N–H and O–H groups in total. The van der Waals surface area contributed by atoms with Crippen molar-refractivity contribution < 1.29 is 14.3 Å². The highest BCUT2D eigenvalue weighted by Gasteiger charge is 2.27. The second-order valence-electron chi connectivity index (χ2n) is 7.06. The van der Waals surface area contributed by atoms with Gasteiger partial charge in [0, 0.05) is 30.9 Å². The molecule has 3 atom stereocenters. The van der Waals surface area contributed by atoms with E-state index >= 15 is 0 Å². The summed E-state index contributed by atoms with van der Waals surface area (Å²) in [6.07, 6.45) is 6.94. The summed E-state index contributed by atoms with van der Waals surface area (Å²) in [6.45, 7) is 5.20. The molecular weight excluding hydrogens is 318 g/mol. The molecule has 1 fully saturated rings. The van der Waals surface area contributed by atoms with E-state index in [4.69, 9.17) is 9.47 Å². The molecule has 3 rings (SSSR count). The third-order valence-electron chi connectivity index (χ3n) is 5.09. The summed E-state index contributed by atoms with van der Waals surface area (Å²) in [6, 6.07) is 2.30. The molecule has 1 saturated carbocycles. The molecule has 6 nitrogen and oxygen atoms in total. The number of H-pyrrole nitrogens is 1. The molecular formula is C19H27N3O3. The minimum Gasteiger partial charge on any atom is -0.460 e. The maximum absolute atomic E-state index is 12.5. The van der Waals surface area contributed by atoms with Crippen molar-refractivity contribution in [2.75, 3.05) is 25.6 Å². The summed E-state index contributed by atoms with van der Waals surface area (Å²) in [4.78, 5) is 20.0. The average molecular weight is 345 g/mol. The molecule has 1 aliphatic rings. The van der Waals surface area contributed by atoms with Gasteiger partial charge in [-0.25, -0.2) is 9.78 Å². The summed E-state index contributed by atoms with van der Waals surface area (Å²) in [5.41, 5.74) is 2.07. The van der Waals surface area contributed by atoms with E-state index in [-0.39, 0.29) is 12.6 Å². The third-order valence-corrected chi connectivity index (χ3v) is 5.09. The van der Waals surface area contributed by atoms with Crippen LogP contribution in [0.25, 0.3) is 11.0 Å². The molecule has 0 aliphatic heterocycles. The second-order valence-corrected chi connectivity index (χ2v) is 7.06. The van der Waals surface area contributed by atoms with Crippen LogP contribution in [0.15, 0.2) is 18.5 Å². The molecule has 25 heavy (non-hydrogen) atoms. The number of aromatic amines is 1. The van der Waals surface area contributed by atoms with Gasteiger partial charge >= 0.3 is 5.97 Å². The van der Waals surface area contributed by atoms with Gasteiger partial charge < -0.3 is 19.8 Å². The van der Waals surface area contributed by atoms with Crippen molar-refractivity contribution in [3.8, 4) is 0 Å². The summed E-state index contributed by atoms with van der Waals surface area (Å²) < 4.78 is 10.3. The lowest BCUT2D eigenvalue weighted by Crippen LogP contribution is -2.33. The van der Waals surface area contributed by atoms with Gasteiger partial charge in [0.2, 0.25) is 0 Å². The Morgan fingerprint density at radius 1 is 1.36 bits per heavy atom. The molecule has 0 bridgehead atoms. The van der Waals surface area contributed by atoms with Gasteiger partial charge in [-0.3, -0.25) is 0 Å². The zero-order valence-corrected chi connectivity index (χ0v) is 15.2. The lowest BCUT2D eigenvalue weighted by molar-refractivity contribution is 0.0389. The van der Waals surface area contributed by atoms with Gasteiger partial charge in [0.1, 0.15) is 17.8 Å². The van der Waals surface area contributed by atoms with E-state index in [0.717, 1.165) is 29.1 Å². The number of pyridine rings is 1. The van der Waals surface area contributed by atoms with Crippen LogP contribution in [0.3, 0.4) is 0 Å². The third kappa shape index (κ3) is 3.95. The molecule has 136 valence electrons. The van der Waals surface area contributed by atoms with E-state index in [0.29, 0.717) is 24.1 Å². The van der Waals surface area contributed by atoms with Crippen LogP contribution in [0, 0.1) is 11.8 Å². The minimum atomic E-state index is -0.369. The normalized spacial score (nSPS) is 23.6. The van der Waals surface area contributed by atoms with Gasteiger partial charge in [-0.05, 0) is 37.2 Å². The van der Waals surface area contributed by atoms with Gasteiger partial charge in [-0.15, -0.1) is 0 Å². The fraction of sp³-hybridized carbons (Fsp3) is 0.579. The first-order valence-electron chi connectivity index (χ1n) is 8.98. The molecule has 0 amide bonds. The number of carbonyl (C=O) groups is 1. The van der Waals surface area contributed by atoms with Crippen molar-refractivity contribution in [3.63, 3.8) is 0 Å². The number of methoxy groups -OCH3 is 1. The monoisotopic (exact) mass is 345 g/mol. The Labute approximate surface area is 148 Å². The van der Waals surface area contributed by atoms with Crippen molar-refractivity contribution in [2.45, 2.75) is 39.2 Å². The summed E-state index contributed by atoms with van der Waals surface area (Å²) in [5, 5.41) is 4.55. The van der Waals surface area contributed by atoms with Crippen LogP contribution < -0.4 is 5.32 Å². The van der Waals surface area contributed by atoms with Crippen LogP contribution >= 0.6 is 0 Å². The SMILES string of the molecule is COCCOC(=O)c1cnc2[nH]ccc2c1NC1CCC(C)CC1C. The predicted octanol–water partition coefficient (Wildman–Crippen LogP) is 3.60. The smallest absolute Gasteiger partial charge is 0.341 e. The van der Waals surface area contributed by atoms with Crippen molar-refractivity contribution in [1.29, 1.82) is 0 Å². The van der Waals surface area contributed by atoms with Crippen LogP contribution in [0.1, 0.15) is 43.5 Å². The summed E-state index contributed by atoms with van der Waals surface area (Å²) in [7, 11) is 1.58. The predicted molar refractivity (Wildman–Crippen MR) is 97.8 cm³/mol. The first kappa shape index (κ1) is 17.7. The highest BCUT2D eigenvalue weighted by molar-refractivity contribution is 6.04. The van der Waals surface area contributed by atoms with Gasteiger partial charge in [-0.2, -0.15) is 0 Å². The molecule has 0 aromatic carbocycles. The Morgan fingerprint density at radius 2 is 2.20 bits per heavy atom. The van der Waals surface area contributed by atoms with E-state index in [2.05, 4.69) is 29.1 Å². The van der Waals surface area contributed by atoms with Gasteiger partial charge in [0.15, 0.2) is 0 Å². The lowest BCUT2D eigenvalue weighted by Gasteiger charge is -2.34. The van der Waals surface area contributed by atoms with Crippen LogP contribution in [-0.4, -0.2) is 42.3 Å². The van der Waals surface area contributed by atoms with Crippen molar-refractivity contribution in [1.82, 2.24) is 9.97 Å². The van der Waals surface area contributed by atoms with E-state index in [9.17, 15) is 4.79 Å². The molecule has 6 heteroatoms. The highest BCUT2D eigenvalue weighted by atomic mass is 16.6. The zero-order chi connectivity index (χ0) is 17.8. The lowest BCUT2D eigenvalue weighted by atomic mass is 9.79. The molecule has 2 aromatic rings. The van der Waals surface area contributed by atoms with Gasteiger partial charge in [0.25, 0.3) is 0 Å². The first-order valence-corrected chi connectivity index (χ1v) is 8.98. The van der Waals surface area contributed by atoms with Gasteiger partial charge in [-0.1, -0.05) is 13.8 Å². The number of hydrogen-bond acceptors (Lipinski definition) is 5. The topological polar surface area (TPSA) is 76.2 Å². The molecule has 0 radical (unpaired) electrons. The number of hydrogen-bond donors (Lipinski definition) is 2. The van der Waals surface area contributed by atoms with E-state index < -0.39 is 0 Å². The Kier molecular flexibility index (Phi) is 5.58. The number of anilines is 1. The number of ether oxygens (including phenoxy) is 2. The first-order chi connectivity index (χ1) is 12.1. The number of rotatable bonds is 6. The minimum absolute atomic E-state index is 0.233. The fourth-order valence-electron chi connectivity index (χ4n) is 3.68. The number of esters is 1. The summed E-state index contributed by atoms with van der Waals surface area (Å²) >= 11 is 0. The van der Waals surface area contributed by atoms with Crippen molar-refractivity contribution in [3.05, 3.63) is 24.0 Å². The Morgan fingerprint density at radius 3 is 2.96 bits per heavy atom. The quantitative estimate of drug-likeness (QED) is 0.618. The second kappa shape index (κ2) is 7.87. The van der Waals surface area contributed by atoms with Gasteiger partial charge in [0.05, 0.1) is 12.3 Å². The van der Waals surface area contributed by atoms with Crippen LogP contribution in [0.4, 0.5) is 5.69 Å². The maximum Gasteiger partial charge on any atom is 0.341 e. The standard InChI is InChI=1S/C19H27N3O3/c1-12-4-5-16(13(2)10-12)22-17-14-6-7-20-18(14)21-11-15(17)19(23)25-9-8-24-3/h6-7,11-13,16H,4-5,8-10H2,1-3H3,(H2,20,21,22). The molecule has 2 aromatic heterocycles. The van der Waals surface area contributed by atoms with E-state index in [1.165, 1.54) is 12.8 Å². The molecule has 2 heterocycles. The number of nitrogens with one attached hydrogen (secondary N) is 2. The van der Waals surface area contributed by atoms with Crippen LogP contribution in [0.5, 0.6) is 0 Å². The molecule has 3 unspecified atom stereocenters. The average Bonchev–Trinajstić information content (AvgIpc) is 3.06. The number of nitrogens with zero attached hydrogens (tertiary/aromatic N) is 1. The largest absolute Gasteiger partial charge is 0.460 e. The Balaban J connectivity index is 1.87. The van der Waals surface area contributed by atoms with E-state index in [1.54, 1.807) is 13.3 Å². The summed E-state index contributed by atoms with van der Waals surface area (Å²) in [5.74, 6) is 0.950. The number of fused-ring (bicyclic) bond motifs is 1. The molecule has 1 aliphatic carbocycles. The fourth-order valence-corrected chi connectivity index (χ4v) is 3.68. The van der Waals surface area contributed by atoms with Crippen molar-refractivity contribution >= 4 is 22.7 Å². The highest BCUT2D eigenvalue weighted by Crippen LogP contribution is 2.34. The van der Waals surface area contributed by atoms with Crippen LogP contribution in [0.2, 0.25) is 0 Å². The number of aromatic nitrogens is 2. The van der Waals surface area contributed by atoms with E-state index in [1.807, 2.05) is 12.3 Å². The number of carbonyl (C=O) groups excluding carboxylic acids is 1. The molecule has 0 saturated heterocycles.